The quantitative estimate of drug-likeness (QED) is 0.381. The summed E-state index contributed by atoms with van der Waals surface area (Å²) in [5.74, 6) is -0.446. The van der Waals surface area contributed by atoms with Crippen LogP contribution in [0.2, 0.25) is 0 Å². The van der Waals surface area contributed by atoms with Gasteiger partial charge in [-0.25, -0.2) is 10.2 Å². The molecule has 0 spiro atoms. The Bertz CT molecular complexity index is 1260. The van der Waals surface area contributed by atoms with Crippen LogP contribution >= 0.6 is 0 Å². The van der Waals surface area contributed by atoms with E-state index in [1.54, 1.807) is 12.1 Å². The highest BCUT2D eigenvalue weighted by atomic mass is 16.2. The number of pyridine rings is 1. The van der Waals surface area contributed by atoms with E-state index < -0.39 is 11.9 Å². The number of amides is 3. The molecule has 0 aliphatic heterocycles. The number of hydrazine groups is 1. The molecule has 4 N–H and O–H groups in total. The average Bonchev–Trinajstić information content (AvgIpc) is 3.21. The van der Waals surface area contributed by atoms with Gasteiger partial charge in [-0.2, -0.15) is 0 Å². The first-order valence-electron chi connectivity index (χ1n) is 9.96. The normalized spacial score (nSPS) is 10.6. The van der Waals surface area contributed by atoms with E-state index in [9.17, 15) is 9.59 Å². The van der Waals surface area contributed by atoms with E-state index in [1.807, 2.05) is 68.6 Å². The van der Waals surface area contributed by atoms with Gasteiger partial charge in [0.15, 0.2) is 0 Å². The van der Waals surface area contributed by atoms with Crippen molar-refractivity contribution in [2.75, 3.05) is 0 Å². The second-order valence-electron chi connectivity index (χ2n) is 7.29. The van der Waals surface area contributed by atoms with Crippen LogP contribution in [-0.4, -0.2) is 21.9 Å². The number of rotatable bonds is 4. The van der Waals surface area contributed by atoms with Crippen LogP contribution in [0.15, 0.2) is 66.9 Å². The first-order valence-corrected chi connectivity index (χ1v) is 9.96. The van der Waals surface area contributed by atoms with Crippen molar-refractivity contribution in [2.24, 2.45) is 0 Å². The van der Waals surface area contributed by atoms with Crippen molar-refractivity contribution in [3.8, 4) is 11.3 Å². The summed E-state index contributed by atoms with van der Waals surface area (Å²) in [4.78, 5) is 32.8. The van der Waals surface area contributed by atoms with Crippen molar-refractivity contribution >= 4 is 22.8 Å². The Kier molecular flexibility index (Phi) is 5.66. The zero-order valence-electron chi connectivity index (χ0n) is 17.3. The van der Waals surface area contributed by atoms with Crippen LogP contribution in [0.5, 0.6) is 0 Å². The summed E-state index contributed by atoms with van der Waals surface area (Å²) >= 11 is 0. The molecule has 4 aromatic rings. The number of aromatic amines is 1. The second kappa shape index (κ2) is 8.71. The van der Waals surface area contributed by atoms with Gasteiger partial charge in [0.1, 0.15) is 0 Å². The van der Waals surface area contributed by atoms with E-state index in [1.165, 1.54) is 0 Å². The van der Waals surface area contributed by atoms with Crippen LogP contribution in [0.1, 0.15) is 27.2 Å². The number of H-pyrrole nitrogens is 1. The molecular formula is C24H23N5O2. The molecule has 0 saturated carbocycles. The Hall–Kier alpha value is -4.13. The van der Waals surface area contributed by atoms with Gasteiger partial charge in [-0.05, 0) is 43.2 Å². The monoisotopic (exact) mass is 413 g/mol. The molecule has 4 rings (SSSR count). The third-order valence-electron chi connectivity index (χ3n) is 5.11. The maximum absolute atomic E-state index is 12.8. The molecule has 2 heterocycles. The fourth-order valence-electron chi connectivity index (χ4n) is 3.42. The minimum atomic E-state index is -0.495. The Labute approximate surface area is 179 Å². The van der Waals surface area contributed by atoms with Gasteiger partial charge in [0.2, 0.25) is 0 Å². The highest BCUT2D eigenvalue weighted by Gasteiger charge is 2.18. The second-order valence-corrected chi connectivity index (χ2v) is 7.29. The SMILES string of the molecule is Cc1ccc(C(=O)NNC(=O)NCc2ccccc2C)c(-c2c[nH]c3ccccc23)n1. The smallest absolute Gasteiger partial charge is 0.333 e. The lowest BCUT2D eigenvalue weighted by Crippen LogP contribution is -2.46. The Morgan fingerprint density at radius 3 is 2.55 bits per heavy atom. The average molecular weight is 413 g/mol. The summed E-state index contributed by atoms with van der Waals surface area (Å²) in [5.41, 5.74) is 10.5. The van der Waals surface area contributed by atoms with Crippen molar-refractivity contribution in [2.45, 2.75) is 20.4 Å². The predicted octanol–water partition coefficient (Wildman–Crippen LogP) is 3.99. The van der Waals surface area contributed by atoms with Crippen LogP contribution in [-0.2, 0) is 6.54 Å². The molecule has 0 atom stereocenters. The predicted molar refractivity (Wildman–Crippen MR) is 120 cm³/mol. The first kappa shape index (κ1) is 20.2. The van der Waals surface area contributed by atoms with Gasteiger partial charge in [-0.1, -0.05) is 42.5 Å². The fraction of sp³-hybridized carbons (Fsp3) is 0.125. The lowest BCUT2D eigenvalue weighted by Gasteiger charge is -2.12. The highest BCUT2D eigenvalue weighted by molar-refractivity contribution is 6.05. The zero-order chi connectivity index (χ0) is 21.8. The van der Waals surface area contributed by atoms with Crippen molar-refractivity contribution < 1.29 is 9.59 Å². The minimum Gasteiger partial charge on any atom is -0.360 e. The van der Waals surface area contributed by atoms with Crippen molar-refractivity contribution in [3.63, 3.8) is 0 Å². The molecule has 0 unspecified atom stereocenters. The maximum atomic E-state index is 12.8. The molecule has 0 aliphatic rings. The van der Waals surface area contributed by atoms with E-state index in [4.69, 9.17) is 0 Å². The van der Waals surface area contributed by atoms with E-state index in [-0.39, 0.29) is 0 Å². The summed E-state index contributed by atoms with van der Waals surface area (Å²) in [5, 5.41) is 3.71. The number of fused-ring (bicyclic) bond motifs is 1. The summed E-state index contributed by atoms with van der Waals surface area (Å²) in [6.07, 6.45) is 1.84. The minimum absolute atomic E-state index is 0.362. The lowest BCUT2D eigenvalue weighted by molar-refractivity contribution is 0.0936. The van der Waals surface area contributed by atoms with E-state index in [0.717, 1.165) is 33.3 Å². The summed E-state index contributed by atoms with van der Waals surface area (Å²) in [7, 11) is 0. The van der Waals surface area contributed by atoms with Crippen molar-refractivity contribution in [1.82, 2.24) is 26.1 Å². The lowest BCUT2D eigenvalue weighted by atomic mass is 10.0. The molecule has 0 bridgehead atoms. The number of para-hydroxylation sites is 1. The highest BCUT2D eigenvalue weighted by Crippen LogP contribution is 2.29. The number of nitrogens with zero attached hydrogens (tertiary/aromatic N) is 1. The fourth-order valence-corrected chi connectivity index (χ4v) is 3.42. The third-order valence-corrected chi connectivity index (χ3v) is 5.11. The Balaban J connectivity index is 1.48. The number of nitrogens with one attached hydrogen (secondary N) is 4. The number of benzene rings is 2. The number of aromatic nitrogens is 2. The van der Waals surface area contributed by atoms with Gasteiger partial charge in [0.05, 0.1) is 11.3 Å². The first-order chi connectivity index (χ1) is 15.0. The molecule has 7 nitrogen and oxygen atoms in total. The van der Waals surface area contributed by atoms with Gasteiger partial charge in [0.25, 0.3) is 5.91 Å². The molecule has 0 fully saturated rings. The number of carbonyl (C=O) groups is 2. The molecule has 0 saturated heterocycles. The standard InChI is InChI=1S/C24H23N5O2/c1-15-7-3-4-8-17(15)13-26-24(31)29-28-23(30)19-12-11-16(2)27-22(19)20-14-25-21-10-6-5-9-18(20)21/h3-12,14,25H,13H2,1-2H3,(H,28,30)(H2,26,29,31). The molecule has 2 aromatic carbocycles. The number of hydrogen-bond acceptors (Lipinski definition) is 3. The molecule has 3 amide bonds. The van der Waals surface area contributed by atoms with E-state index in [2.05, 4.69) is 26.1 Å². The molecule has 31 heavy (non-hydrogen) atoms. The molecular weight excluding hydrogens is 390 g/mol. The topological polar surface area (TPSA) is 98.9 Å². The van der Waals surface area contributed by atoms with Crippen LogP contribution in [0.4, 0.5) is 4.79 Å². The van der Waals surface area contributed by atoms with Gasteiger partial charge in [-0.15, -0.1) is 0 Å². The number of aryl methyl sites for hydroxylation is 2. The number of urea groups is 1. The van der Waals surface area contributed by atoms with Gasteiger partial charge in [0, 0.05) is 34.9 Å². The molecule has 0 aliphatic carbocycles. The summed E-state index contributed by atoms with van der Waals surface area (Å²) in [6.45, 7) is 4.21. The molecule has 0 radical (unpaired) electrons. The van der Waals surface area contributed by atoms with E-state index in [0.29, 0.717) is 17.8 Å². The van der Waals surface area contributed by atoms with Crippen molar-refractivity contribution in [3.05, 3.63) is 89.2 Å². The molecule has 156 valence electrons. The number of hydrogen-bond donors (Lipinski definition) is 4. The zero-order valence-corrected chi connectivity index (χ0v) is 17.3. The van der Waals surface area contributed by atoms with E-state index >= 15 is 0 Å². The number of carbonyl (C=O) groups excluding carboxylic acids is 2. The summed E-state index contributed by atoms with van der Waals surface area (Å²) < 4.78 is 0. The van der Waals surface area contributed by atoms with Crippen LogP contribution in [0.25, 0.3) is 22.2 Å². The van der Waals surface area contributed by atoms with Gasteiger partial charge < -0.3 is 10.3 Å². The van der Waals surface area contributed by atoms with Gasteiger partial charge in [-0.3, -0.25) is 15.2 Å². The maximum Gasteiger partial charge on any atom is 0.333 e. The van der Waals surface area contributed by atoms with Crippen LogP contribution < -0.4 is 16.2 Å². The molecule has 7 heteroatoms. The van der Waals surface area contributed by atoms with Crippen molar-refractivity contribution in [1.29, 1.82) is 0 Å². The Morgan fingerprint density at radius 2 is 1.71 bits per heavy atom. The largest absolute Gasteiger partial charge is 0.360 e. The third kappa shape index (κ3) is 4.40. The summed E-state index contributed by atoms with van der Waals surface area (Å²) in [6, 6.07) is 18.6. The van der Waals surface area contributed by atoms with Crippen LogP contribution in [0, 0.1) is 13.8 Å². The Morgan fingerprint density at radius 1 is 0.935 bits per heavy atom. The van der Waals surface area contributed by atoms with Crippen LogP contribution in [0.3, 0.4) is 0 Å². The van der Waals surface area contributed by atoms with Gasteiger partial charge >= 0.3 is 6.03 Å². The molecule has 2 aromatic heterocycles.